The Morgan fingerprint density at radius 1 is 0.702 bits per heavy atom. The first-order valence-corrected chi connectivity index (χ1v) is 16.1. The summed E-state index contributed by atoms with van der Waals surface area (Å²) in [5, 5.41) is 21.1. The number of anilines is 1. The molecule has 1 aliphatic rings. The van der Waals surface area contributed by atoms with E-state index >= 15 is 0 Å². The highest BCUT2D eigenvalue weighted by Gasteiger charge is 2.33. The van der Waals surface area contributed by atoms with E-state index in [2.05, 4.69) is 58.7 Å². The summed E-state index contributed by atoms with van der Waals surface area (Å²) >= 11 is 0. The molecule has 0 radical (unpaired) electrons. The summed E-state index contributed by atoms with van der Waals surface area (Å²) < 4.78 is 13.2. The molecule has 5 rings (SSSR count). The van der Waals surface area contributed by atoms with E-state index in [-0.39, 0.29) is 37.6 Å². The minimum absolute atomic E-state index is 0.0160. The smallest absolute Gasteiger partial charge is 0.243 e. The Morgan fingerprint density at radius 3 is 1.85 bits per heavy atom. The lowest BCUT2D eigenvalue weighted by Gasteiger charge is -2.38. The normalized spacial score (nSPS) is 17.7. The van der Waals surface area contributed by atoms with Crippen molar-refractivity contribution in [2.45, 2.75) is 70.3 Å². The molecule has 1 aliphatic heterocycles. The van der Waals surface area contributed by atoms with Crippen LogP contribution in [-0.2, 0) is 38.8 Å². The van der Waals surface area contributed by atoms with Crippen LogP contribution in [-0.4, -0.2) is 39.7 Å². The molecule has 1 saturated heterocycles. The standard InChI is InChI=1S/C38H43N3O6/c42-27-30-15-17-31(18-16-30)35-23-34(26-41(24-28-9-3-1-4-10-28)25-29-11-5-2-6-12-29)46-38(47-35)32-19-21-33(22-20-32)39-36(43)13-7-8-14-37(44)40-45/h1-6,9-12,15-22,34-35,38,42,45H,7-8,13-14,23-27H2,(H,39,43)(H,40,44). The molecule has 0 aromatic heterocycles. The number of hydroxylamine groups is 1. The first-order valence-electron chi connectivity index (χ1n) is 16.1. The van der Waals surface area contributed by atoms with Crippen LogP contribution in [0.2, 0.25) is 0 Å². The second kappa shape index (κ2) is 17.5. The number of nitrogens with zero attached hydrogens (tertiary/aromatic N) is 1. The van der Waals surface area contributed by atoms with Gasteiger partial charge in [-0.2, -0.15) is 0 Å². The maximum Gasteiger partial charge on any atom is 0.243 e. The van der Waals surface area contributed by atoms with E-state index in [1.807, 2.05) is 60.7 Å². The summed E-state index contributed by atoms with van der Waals surface area (Å²) in [6.45, 7) is 2.24. The minimum Gasteiger partial charge on any atom is -0.392 e. The van der Waals surface area contributed by atoms with E-state index in [9.17, 15) is 14.7 Å². The SMILES string of the molecule is O=C(CCCCC(=O)Nc1ccc(C2OC(CN(Cc3ccccc3)Cc3ccccc3)CC(c3ccc(CO)cc3)O2)cc1)NO. The van der Waals surface area contributed by atoms with Gasteiger partial charge in [0.1, 0.15) is 0 Å². The van der Waals surface area contributed by atoms with Crippen LogP contribution in [0.1, 0.15) is 72.3 Å². The van der Waals surface area contributed by atoms with E-state index in [4.69, 9.17) is 14.7 Å². The lowest BCUT2D eigenvalue weighted by Crippen LogP contribution is -2.39. The van der Waals surface area contributed by atoms with Crippen LogP contribution in [0.15, 0.2) is 109 Å². The van der Waals surface area contributed by atoms with Gasteiger partial charge in [-0.1, -0.05) is 97.1 Å². The number of benzene rings is 4. The van der Waals surface area contributed by atoms with E-state index in [0.29, 0.717) is 31.5 Å². The second-order valence-electron chi connectivity index (χ2n) is 11.9. The Hall–Kier alpha value is -4.38. The molecular weight excluding hydrogens is 594 g/mol. The van der Waals surface area contributed by atoms with Crippen LogP contribution in [0.25, 0.3) is 0 Å². The average molecular weight is 638 g/mol. The number of rotatable bonds is 15. The summed E-state index contributed by atoms with van der Waals surface area (Å²) in [4.78, 5) is 26.0. The van der Waals surface area contributed by atoms with Crippen molar-refractivity contribution in [1.29, 1.82) is 0 Å². The lowest BCUT2D eigenvalue weighted by molar-refractivity contribution is -0.253. The van der Waals surface area contributed by atoms with Gasteiger partial charge in [0.15, 0.2) is 6.29 Å². The molecule has 3 atom stereocenters. The van der Waals surface area contributed by atoms with E-state index in [0.717, 1.165) is 29.8 Å². The fourth-order valence-corrected chi connectivity index (χ4v) is 5.76. The van der Waals surface area contributed by atoms with Crippen LogP contribution in [0, 0.1) is 0 Å². The van der Waals surface area contributed by atoms with Gasteiger partial charge in [-0.05, 0) is 47.2 Å². The molecule has 4 N–H and O–H groups in total. The number of amides is 2. The average Bonchev–Trinajstić information content (AvgIpc) is 3.11. The molecule has 3 unspecified atom stereocenters. The first-order chi connectivity index (χ1) is 23.0. The van der Waals surface area contributed by atoms with Gasteiger partial charge in [0.05, 0.1) is 18.8 Å². The zero-order valence-electron chi connectivity index (χ0n) is 26.5. The van der Waals surface area contributed by atoms with Crippen LogP contribution < -0.4 is 10.8 Å². The molecule has 1 heterocycles. The third kappa shape index (κ3) is 10.6. The highest BCUT2D eigenvalue weighted by molar-refractivity contribution is 5.90. The van der Waals surface area contributed by atoms with E-state index < -0.39 is 12.2 Å². The van der Waals surface area contributed by atoms with Crippen molar-refractivity contribution in [2.75, 3.05) is 11.9 Å². The van der Waals surface area contributed by atoms with Crippen LogP contribution in [0.5, 0.6) is 0 Å². The van der Waals surface area contributed by atoms with Gasteiger partial charge in [-0.25, -0.2) is 5.48 Å². The fourth-order valence-electron chi connectivity index (χ4n) is 5.76. The Balaban J connectivity index is 1.30. The predicted molar refractivity (Wildman–Crippen MR) is 179 cm³/mol. The summed E-state index contributed by atoms with van der Waals surface area (Å²) in [7, 11) is 0. The van der Waals surface area contributed by atoms with Crippen molar-refractivity contribution >= 4 is 17.5 Å². The molecule has 2 amide bonds. The zero-order chi connectivity index (χ0) is 32.8. The largest absolute Gasteiger partial charge is 0.392 e. The zero-order valence-corrected chi connectivity index (χ0v) is 26.5. The number of carbonyl (C=O) groups excluding carboxylic acids is 2. The Morgan fingerprint density at radius 2 is 1.28 bits per heavy atom. The summed E-state index contributed by atoms with van der Waals surface area (Å²) in [6, 6.07) is 36.3. The predicted octanol–water partition coefficient (Wildman–Crippen LogP) is 6.43. The summed E-state index contributed by atoms with van der Waals surface area (Å²) in [6.07, 6.45) is 1.20. The molecule has 9 nitrogen and oxygen atoms in total. The molecule has 47 heavy (non-hydrogen) atoms. The number of unbranched alkanes of at least 4 members (excludes halogenated alkanes) is 1. The number of nitrogens with one attached hydrogen (secondary N) is 2. The lowest BCUT2D eigenvalue weighted by atomic mass is 9.99. The third-order valence-electron chi connectivity index (χ3n) is 8.22. The van der Waals surface area contributed by atoms with Gasteiger partial charge in [0.2, 0.25) is 11.8 Å². The third-order valence-corrected chi connectivity index (χ3v) is 8.22. The highest BCUT2D eigenvalue weighted by atomic mass is 16.7. The minimum atomic E-state index is -0.617. The van der Waals surface area contributed by atoms with Gasteiger partial charge in [0, 0.05) is 50.1 Å². The van der Waals surface area contributed by atoms with Crippen molar-refractivity contribution < 1.29 is 29.4 Å². The molecule has 4 aromatic rings. The molecule has 246 valence electrons. The fraction of sp³-hybridized carbons (Fsp3) is 0.316. The van der Waals surface area contributed by atoms with Gasteiger partial charge >= 0.3 is 0 Å². The Bertz CT molecular complexity index is 1490. The number of aliphatic hydroxyl groups excluding tert-OH is 1. The summed E-state index contributed by atoms with van der Waals surface area (Å²) in [5.41, 5.74) is 7.44. The van der Waals surface area contributed by atoms with Crippen LogP contribution >= 0.6 is 0 Å². The molecule has 0 spiro atoms. The number of carbonyl (C=O) groups is 2. The van der Waals surface area contributed by atoms with Gasteiger partial charge in [0.25, 0.3) is 0 Å². The number of hydrogen-bond acceptors (Lipinski definition) is 7. The van der Waals surface area contributed by atoms with Gasteiger partial charge < -0.3 is 19.9 Å². The van der Waals surface area contributed by atoms with Crippen molar-refractivity contribution in [3.8, 4) is 0 Å². The van der Waals surface area contributed by atoms with Crippen LogP contribution in [0.3, 0.4) is 0 Å². The molecule has 4 aromatic carbocycles. The maximum absolute atomic E-state index is 12.4. The van der Waals surface area contributed by atoms with Crippen LogP contribution in [0.4, 0.5) is 5.69 Å². The van der Waals surface area contributed by atoms with Crippen molar-refractivity contribution in [3.05, 3.63) is 137 Å². The first kappa shape index (κ1) is 34.0. The number of hydrogen-bond donors (Lipinski definition) is 4. The van der Waals surface area contributed by atoms with Gasteiger partial charge in [-0.15, -0.1) is 0 Å². The Kier molecular flexibility index (Phi) is 12.7. The summed E-state index contributed by atoms with van der Waals surface area (Å²) in [5.74, 6) is -0.601. The molecular formula is C38H43N3O6. The second-order valence-corrected chi connectivity index (χ2v) is 11.9. The van der Waals surface area contributed by atoms with Crippen molar-refractivity contribution in [2.24, 2.45) is 0 Å². The van der Waals surface area contributed by atoms with Gasteiger partial charge in [-0.3, -0.25) is 19.7 Å². The monoisotopic (exact) mass is 637 g/mol. The van der Waals surface area contributed by atoms with Crippen molar-refractivity contribution in [1.82, 2.24) is 10.4 Å². The van der Waals surface area contributed by atoms with E-state index in [1.165, 1.54) is 11.1 Å². The molecule has 9 heteroatoms. The molecule has 0 bridgehead atoms. The number of ether oxygens (including phenoxy) is 2. The molecule has 0 aliphatic carbocycles. The highest BCUT2D eigenvalue weighted by Crippen LogP contribution is 2.38. The topological polar surface area (TPSA) is 120 Å². The number of aliphatic hydroxyl groups is 1. The molecule has 1 fully saturated rings. The Labute approximate surface area is 276 Å². The maximum atomic E-state index is 12.4. The molecule has 0 saturated carbocycles. The van der Waals surface area contributed by atoms with Crippen molar-refractivity contribution in [3.63, 3.8) is 0 Å². The quantitative estimate of drug-likeness (QED) is 0.0674. The van der Waals surface area contributed by atoms with E-state index in [1.54, 1.807) is 5.48 Å².